The number of nitriles is 1. The summed E-state index contributed by atoms with van der Waals surface area (Å²) < 4.78 is 6.10. The van der Waals surface area contributed by atoms with Crippen molar-refractivity contribution in [2.24, 2.45) is 0 Å². The number of benzene rings is 1. The first kappa shape index (κ1) is 20.5. The van der Waals surface area contributed by atoms with E-state index in [0.29, 0.717) is 40.1 Å². The number of rotatable bonds is 3. The van der Waals surface area contributed by atoms with E-state index in [-0.39, 0.29) is 18.3 Å². The second kappa shape index (κ2) is 8.02. The SMILES string of the molecule is CC(C)(C)OC(=O)N1CCc2nc(C(=O)Cc3cccc(Br)c3C#N)sc2C1. The summed E-state index contributed by atoms with van der Waals surface area (Å²) in [4.78, 5) is 32.1. The lowest BCUT2D eigenvalue weighted by Crippen LogP contribution is -2.39. The van der Waals surface area contributed by atoms with E-state index >= 15 is 0 Å². The van der Waals surface area contributed by atoms with E-state index in [1.54, 1.807) is 23.1 Å². The zero-order valence-electron chi connectivity index (χ0n) is 15.9. The maximum absolute atomic E-state index is 12.7. The molecule has 0 radical (unpaired) electrons. The molecule has 28 heavy (non-hydrogen) atoms. The standard InChI is InChI=1S/C20H20BrN3O3S/c1-20(2,3)27-19(26)24-8-7-15-17(11-24)28-18(23-15)16(25)9-12-5-4-6-14(21)13(12)10-22/h4-6H,7-9,11H2,1-3H3. The molecule has 146 valence electrons. The van der Waals surface area contributed by atoms with Gasteiger partial charge in [0.1, 0.15) is 11.7 Å². The summed E-state index contributed by atoms with van der Waals surface area (Å²) in [6.07, 6.45) is 0.357. The highest BCUT2D eigenvalue weighted by Crippen LogP contribution is 2.28. The molecule has 3 rings (SSSR count). The number of halogens is 1. The molecule has 0 fully saturated rings. The lowest BCUT2D eigenvalue weighted by molar-refractivity contribution is 0.0225. The molecular weight excluding hydrogens is 442 g/mol. The topological polar surface area (TPSA) is 83.3 Å². The van der Waals surface area contributed by atoms with Gasteiger partial charge >= 0.3 is 6.09 Å². The van der Waals surface area contributed by atoms with E-state index in [4.69, 9.17) is 4.74 Å². The summed E-state index contributed by atoms with van der Waals surface area (Å²) in [5.41, 5.74) is 1.45. The number of carbonyl (C=O) groups excluding carboxylic acids is 2. The number of ketones is 1. The molecule has 1 aromatic heterocycles. The van der Waals surface area contributed by atoms with Gasteiger partial charge in [-0.15, -0.1) is 11.3 Å². The number of thiazole rings is 1. The van der Waals surface area contributed by atoms with Crippen molar-refractivity contribution < 1.29 is 14.3 Å². The van der Waals surface area contributed by atoms with Crippen LogP contribution < -0.4 is 0 Å². The van der Waals surface area contributed by atoms with Crippen molar-refractivity contribution >= 4 is 39.1 Å². The van der Waals surface area contributed by atoms with Gasteiger partial charge in [-0.3, -0.25) is 4.79 Å². The lowest BCUT2D eigenvalue weighted by Gasteiger charge is -2.29. The Bertz CT molecular complexity index is 972. The van der Waals surface area contributed by atoms with Crippen LogP contribution in [0, 0.1) is 11.3 Å². The molecular formula is C20H20BrN3O3S. The van der Waals surface area contributed by atoms with Crippen molar-refractivity contribution in [1.82, 2.24) is 9.88 Å². The lowest BCUT2D eigenvalue weighted by atomic mass is 10.0. The average molecular weight is 462 g/mol. The van der Waals surface area contributed by atoms with Crippen molar-refractivity contribution in [1.29, 1.82) is 5.26 Å². The third kappa shape index (κ3) is 4.59. The molecule has 0 atom stereocenters. The van der Waals surface area contributed by atoms with Gasteiger partial charge in [0.25, 0.3) is 0 Å². The number of fused-ring (bicyclic) bond motifs is 1. The average Bonchev–Trinajstić information content (AvgIpc) is 3.04. The number of nitrogens with zero attached hydrogens (tertiary/aromatic N) is 3. The molecule has 0 saturated heterocycles. The first-order chi connectivity index (χ1) is 13.2. The van der Waals surface area contributed by atoms with Crippen molar-refractivity contribution in [2.45, 2.75) is 45.8 Å². The second-order valence-corrected chi connectivity index (χ2v) is 9.46. The van der Waals surface area contributed by atoms with Crippen molar-refractivity contribution in [2.75, 3.05) is 6.54 Å². The highest BCUT2D eigenvalue weighted by molar-refractivity contribution is 9.10. The van der Waals surface area contributed by atoms with E-state index in [1.807, 2.05) is 20.8 Å². The van der Waals surface area contributed by atoms with Gasteiger partial charge in [-0.2, -0.15) is 5.26 Å². The number of hydrogen-bond acceptors (Lipinski definition) is 6. The van der Waals surface area contributed by atoms with E-state index in [9.17, 15) is 14.9 Å². The van der Waals surface area contributed by atoms with Crippen LogP contribution in [0.25, 0.3) is 0 Å². The smallest absolute Gasteiger partial charge is 0.410 e. The zero-order chi connectivity index (χ0) is 20.5. The highest BCUT2D eigenvalue weighted by Gasteiger charge is 2.29. The molecule has 8 heteroatoms. The summed E-state index contributed by atoms with van der Waals surface area (Å²) in [5, 5.41) is 9.74. The fourth-order valence-electron chi connectivity index (χ4n) is 2.89. The van der Waals surface area contributed by atoms with Crippen LogP contribution in [0.2, 0.25) is 0 Å². The molecule has 0 unspecified atom stereocenters. The quantitative estimate of drug-likeness (QED) is 0.628. The molecule has 1 amide bonds. The van der Waals surface area contributed by atoms with Gasteiger partial charge in [-0.05, 0) is 48.3 Å². The monoisotopic (exact) mass is 461 g/mol. The fraction of sp³-hybridized carbons (Fsp3) is 0.400. The van der Waals surface area contributed by atoms with Crippen LogP contribution in [-0.2, 0) is 24.1 Å². The first-order valence-electron chi connectivity index (χ1n) is 8.85. The molecule has 2 heterocycles. The molecule has 0 bridgehead atoms. The van der Waals surface area contributed by atoms with Crippen molar-refractivity contribution in [3.63, 3.8) is 0 Å². The zero-order valence-corrected chi connectivity index (χ0v) is 18.3. The molecule has 2 aromatic rings. The molecule has 0 saturated carbocycles. The van der Waals surface area contributed by atoms with Gasteiger partial charge in [0.2, 0.25) is 0 Å². The predicted octanol–water partition coefficient (Wildman–Crippen LogP) is 4.50. The molecule has 1 aromatic carbocycles. The Morgan fingerprint density at radius 1 is 1.39 bits per heavy atom. The number of Topliss-reactive ketones (excluding diaryl/α,β-unsaturated/α-hetero) is 1. The van der Waals surface area contributed by atoms with E-state index in [2.05, 4.69) is 27.0 Å². The molecule has 6 nitrogen and oxygen atoms in total. The van der Waals surface area contributed by atoms with Gasteiger partial charge in [0.05, 0.1) is 17.8 Å². The summed E-state index contributed by atoms with van der Waals surface area (Å²) in [5.74, 6) is -0.127. The first-order valence-corrected chi connectivity index (χ1v) is 10.5. The Labute approximate surface area is 176 Å². The summed E-state index contributed by atoms with van der Waals surface area (Å²) in [6.45, 7) is 6.42. The number of amides is 1. The Kier molecular flexibility index (Phi) is 5.87. The van der Waals surface area contributed by atoms with Crippen LogP contribution in [-0.4, -0.2) is 33.9 Å². The van der Waals surface area contributed by atoms with E-state index in [1.165, 1.54) is 11.3 Å². The number of hydrogen-bond donors (Lipinski definition) is 0. The number of carbonyl (C=O) groups is 2. The Balaban J connectivity index is 1.74. The third-order valence-electron chi connectivity index (χ3n) is 4.18. The highest BCUT2D eigenvalue weighted by atomic mass is 79.9. The van der Waals surface area contributed by atoms with Crippen LogP contribution in [0.15, 0.2) is 22.7 Å². The summed E-state index contributed by atoms with van der Waals surface area (Å²) >= 11 is 4.66. The van der Waals surface area contributed by atoms with Crippen LogP contribution in [0.4, 0.5) is 4.79 Å². The molecule has 0 N–H and O–H groups in total. The van der Waals surface area contributed by atoms with Gasteiger partial charge < -0.3 is 9.64 Å². The second-order valence-electron chi connectivity index (χ2n) is 7.53. The Hall–Kier alpha value is -2.24. The van der Waals surface area contributed by atoms with Crippen molar-refractivity contribution in [3.05, 3.63) is 49.4 Å². The minimum atomic E-state index is -0.547. The van der Waals surface area contributed by atoms with Crippen molar-refractivity contribution in [3.8, 4) is 6.07 Å². The normalized spacial score (nSPS) is 13.6. The van der Waals surface area contributed by atoms with Crippen LogP contribution >= 0.6 is 27.3 Å². The Morgan fingerprint density at radius 3 is 2.82 bits per heavy atom. The largest absolute Gasteiger partial charge is 0.444 e. The maximum Gasteiger partial charge on any atom is 0.410 e. The summed E-state index contributed by atoms with van der Waals surface area (Å²) in [6, 6.07) is 7.49. The van der Waals surface area contributed by atoms with Crippen LogP contribution in [0.1, 0.15) is 52.3 Å². The molecule has 0 aliphatic carbocycles. The van der Waals surface area contributed by atoms with Crippen LogP contribution in [0.5, 0.6) is 0 Å². The van der Waals surface area contributed by atoms with E-state index in [0.717, 1.165) is 10.6 Å². The minimum absolute atomic E-state index is 0.116. The third-order valence-corrected chi connectivity index (χ3v) is 5.97. The van der Waals surface area contributed by atoms with Gasteiger partial charge in [-0.1, -0.05) is 12.1 Å². The molecule has 1 aliphatic heterocycles. The number of aromatic nitrogens is 1. The minimum Gasteiger partial charge on any atom is -0.444 e. The fourth-order valence-corrected chi connectivity index (χ4v) is 4.44. The predicted molar refractivity (Wildman–Crippen MR) is 109 cm³/mol. The molecule has 0 spiro atoms. The van der Waals surface area contributed by atoms with Gasteiger partial charge in [0, 0.05) is 28.7 Å². The summed E-state index contributed by atoms with van der Waals surface area (Å²) in [7, 11) is 0. The Morgan fingerprint density at radius 2 is 2.14 bits per heavy atom. The van der Waals surface area contributed by atoms with Crippen LogP contribution in [0.3, 0.4) is 0 Å². The molecule has 1 aliphatic rings. The van der Waals surface area contributed by atoms with E-state index < -0.39 is 5.60 Å². The number of ether oxygens (including phenoxy) is 1. The van der Waals surface area contributed by atoms with Gasteiger partial charge in [0.15, 0.2) is 10.8 Å². The van der Waals surface area contributed by atoms with Gasteiger partial charge in [-0.25, -0.2) is 9.78 Å². The maximum atomic E-state index is 12.7.